The van der Waals surface area contributed by atoms with Gasteiger partial charge in [-0.05, 0) is 37.6 Å². The largest absolute Gasteiger partial charge is 0.497 e. The minimum atomic E-state index is -0.320. The van der Waals surface area contributed by atoms with Crippen LogP contribution in [0.3, 0.4) is 0 Å². The van der Waals surface area contributed by atoms with Crippen LogP contribution in [0.2, 0.25) is 0 Å². The second-order valence-electron chi connectivity index (χ2n) is 6.46. The molecule has 0 spiro atoms. The highest BCUT2D eigenvalue weighted by molar-refractivity contribution is 5.78. The Bertz CT molecular complexity index is 994. The van der Waals surface area contributed by atoms with Crippen LogP contribution >= 0.6 is 0 Å². The lowest BCUT2D eigenvalue weighted by molar-refractivity contribution is -0.144. The second-order valence-corrected chi connectivity index (χ2v) is 6.46. The van der Waals surface area contributed by atoms with Crippen molar-refractivity contribution in [2.24, 2.45) is 0 Å². The van der Waals surface area contributed by atoms with Crippen LogP contribution in [0.15, 0.2) is 48.5 Å². The van der Waals surface area contributed by atoms with Crippen LogP contribution in [-0.4, -0.2) is 36.6 Å². The van der Waals surface area contributed by atoms with Crippen molar-refractivity contribution in [3.05, 3.63) is 54.1 Å². The Morgan fingerprint density at radius 1 is 0.966 bits per heavy atom. The molecular weight excluding hydrogens is 368 g/mol. The number of aromatic nitrogens is 2. The number of carbonyl (C=O) groups excluding carboxylic acids is 1. The molecule has 3 aromatic rings. The average molecular weight is 394 g/mol. The predicted molar refractivity (Wildman–Crippen MR) is 112 cm³/mol. The van der Waals surface area contributed by atoms with Crippen molar-refractivity contribution in [1.82, 2.24) is 9.78 Å². The molecule has 0 aliphatic rings. The third kappa shape index (κ3) is 4.42. The fourth-order valence-corrected chi connectivity index (χ4v) is 3.37. The van der Waals surface area contributed by atoms with Crippen LogP contribution in [0.4, 0.5) is 0 Å². The van der Waals surface area contributed by atoms with Gasteiger partial charge in [-0.25, -0.2) is 0 Å². The summed E-state index contributed by atoms with van der Waals surface area (Å²) >= 11 is 0. The molecule has 0 N–H and O–H groups in total. The van der Waals surface area contributed by atoms with E-state index in [1.54, 1.807) is 25.8 Å². The molecule has 0 fully saturated rings. The summed E-state index contributed by atoms with van der Waals surface area (Å²) in [6, 6.07) is 15.5. The number of nitrogens with zero attached hydrogens (tertiary/aromatic N) is 2. The van der Waals surface area contributed by atoms with E-state index < -0.39 is 0 Å². The zero-order valence-electron chi connectivity index (χ0n) is 17.3. The molecule has 0 saturated carbocycles. The van der Waals surface area contributed by atoms with Crippen molar-refractivity contribution in [2.75, 3.05) is 20.8 Å². The maximum absolute atomic E-state index is 12.2. The highest BCUT2D eigenvalue weighted by atomic mass is 16.5. The molecule has 0 unspecified atom stereocenters. The molecule has 0 atom stereocenters. The van der Waals surface area contributed by atoms with Gasteiger partial charge in [-0.2, -0.15) is 5.10 Å². The van der Waals surface area contributed by atoms with E-state index in [4.69, 9.17) is 19.3 Å². The van der Waals surface area contributed by atoms with Gasteiger partial charge in [0.15, 0.2) is 0 Å². The normalized spacial score (nSPS) is 10.6. The molecule has 29 heavy (non-hydrogen) atoms. The summed E-state index contributed by atoms with van der Waals surface area (Å²) in [6.07, 6.45) is 0.752. The standard InChI is InChI=1S/C23H26N2O4/c1-5-20-22(16-9-7-11-18(13-16)27-3)24-25(15-21(26)29-6-2)23(20)17-10-8-12-19(14-17)28-4/h7-14H,5-6,15H2,1-4H3. The molecule has 1 aromatic heterocycles. The first-order chi connectivity index (χ1) is 14.1. The molecule has 0 amide bonds. The monoisotopic (exact) mass is 394 g/mol. The van der Waals surface area contributed by atoms with Crippen molar-refractivity contribution in [3.63, 3.8) is 0 Å². The molecule has 2 aromatic carbocycles. The van der Waals surface area contributed by atoms with E-state index in [9.17, 15) is 4.79 Å². The van der Waals surface area contributed by atoms with Gasteiger partial charge in [0.2, 0.25) is 0 Å². The van der Waals surface area contributed by atoms with E-state index in [2.05, 4.69) is 6.92 Å². The van der Waals surface area contributed by atoms with E-state index >= 15 is 0 Å². The molecule has 0 bridgehead atoms. The van der Waals surface area contributed by atoms with Gasteiger partial charge < -0.3 is 14.2 Å². The van der Waals surface area contributed by atoms with E-state index in [0.717, 1.165) is 46.0 Å². The zero-order valence-corrected chi connectivity index (χ0v) is 17.3. The fourth-order valence-electron chi connectivity index (χ4n) is 3.37. The lowest BCUT2D eigenvalue weighted by Gasteiger charge is -2.10. The minimum absolute atomic E-state index is 0.0390. The Kier molecular flexibility index (Phi) is 6.54. The first-order valence-corrected chi connectivity index (χ1v) is 9.65. The molecule has 0 aliphatic heterocycles. The van der Waals surface area contributed by atoms with Gasteiger partial charge in [0.05, 0.1) is 32.2 Å². The minimum Gasteiger partial charge on any atom is -0.497 e. The summed E-state index contributed by atoms with van der Waals surface area (Å²) in [5.74, 6) is 1.18. The second kappa shape index (κ2) is 9.28. The number of rotatable bonds is 8. The van der Waals surface area contributed by atoms with Crippen molar-refractivity contribution >= 4 is 5.97 Å². The third-order valence-corrected chi connectivity index (χ3v) is 4.67. The Morgan fingerprint density at radius 3 is 2.17 bits per heavy atom. The van der Waals surface area contributed by atoms with Gasteiger partial charge >= 0.3 is 5.97 Å². The maximum Gasteiger partial charge on any atom is 0.327 e. The summed E-state index contributed by atoms with van der Waals surface area (Å²) in [5, 5.41) is 4.80. The number of carbonyl (C=O) groups is 1. The molecule has 0 radical (unpaired) electrons. The van der Waals surface area contributed by atoms with Crippen molar-refractivity contribution in [3.8, 4) is 34.0 Å². The van der Waals surface area contributed by atoms with Crippen molar-refractivity contribution in [1.29, 1.82) is 0 Å². The maximum atomic E-state index is 12.2. The molecule has 1 heterocycles. The number of esters is 1. The quantitative estimate of drug-likeness (QED) is 0.531. The highest BCUT2D eigenvalue weighted by Crippen LogP contribution is 2.35. The molecule has 6 heteroatoms. The Hall–Kier alpha value is -3.28. The summed E-state index contributed by atoms with van der Waals surface area (Å²) < 4.78 is 17.7. The van der Waals surface area contributed by atoms with Gasteiger partial charge in [0, 0.05) is 16.7 Å². The van der Waals surface area contributed by atoms with E-state index in [0.29, 0.717) is 6.61 Å². The Labute approximate surface area is 171 Å². The third-order valence-electron chi connectivity index (χ3n) is 4.67. The summed E-state index contributed by atoms with van der Waals surface area (Å²) in [7, 11) is 3.28. The molecular formula is C23H26N2O4. The lowest BCUT2D eigenvalue weighted by atomic mass is 9.99. The molecule has 152 valence electrons. The molecule has 0 aliphatic carbocycles. The topological polar surface area (TPSA) is 62.6 Å². The predicted octanol–water partition coefficient (Wildman–Crippen LogP) is 4.36. The number of ether oxygens (including phenoxy) is 3. The van der Waals surface area contributed by atoms with Gasteiger partial charge in [-0.3, -0.25) is 9.48 Å². The van der Waals surface area contributed by atoms with Gasteiger partial charge in [-0.1, -0.05) is 31.2 Å². The van der Waals surface area contributed by atoms with Gasteiger partial charge in [0.1, 0.15) is 18.0 Å². The zero-order chi connectivity index (χ0) is 20.8. The van der Waals surface area contributed by atoms with Gasteiger partial charge in [-0.15, -0.1) is 0 Å². The summed E-state index contributed by atoms with van der Waals surface area (Å²) in [4.78, 5) is 12.2. The summed E-state index contributed by atoms with van der Waals surface area (Å²) in [6.45, 7) is 4.25. The van der Waals surface area contributed by atoms with Crippen molar-refractivity contribution < 1.29 is 19.0 Å². The van der Waals surface area contributed by atoms with E-state index in [1.807, 2.05) is 48.5 Å². The highest BCUT2D eigenvalue weighted by Gasteiger charge is 2.21. The smallest absolute Gasteiger partial charge is 0.327 e. The van der Waals surface area contributed by atoms with E-state index in [-0.39, 0.29) is 12.5 Å². The Balaban J connectivity index is 2.19. The molecule has 0 saturated heterocycles. The van der Waals surface area contributed by atoms with Crippen LogP contribution in [0.25, 0.3) is 22.5 Å². The number of hydrogen-bond donors (Lipinski definition) is 0. The Morgan fingerprint density at radius 2 is 1.59 bits per heavy atom. The first kappa shape index (κ1) is 20.5. The molecule has 6 nitrogen and oxygen atoms in total. The average Bonchev–Trinajstić information content (AvgIpc) is 3.12. The fraction of sp³-hybridized carbons (Fsp3) is 0.304. The van der Waals surface area contributed by atoms with Crippen LogP contribution in [0, 0.1) is 0 Å². The van der Waals surface area contributed by atoms with Crippen LogP contribution in [0.5, 0.6) is 11.5 Å². The van der Waals surface area contributed by atoms with Crippen LogP contribution in [0.1, 0.15) is 19.4 Å². The van der Waals surface area contributed by atoms with Crippen LogP contribution in [-0.2, 0) is 22.5 Å². The number of benzene rings is 2. The first-order valence-electron chi connectivity index (χ1n) is 9.65. The SMILES string of the molecule is CCOC(=O)Cn1nc(-c2cccc(OC)c2)c(CC)c1-c1cccc(OC)c1. The number of methoxy groups -OCH3 is 2. The number of hydrogen-bond acceptors (Lipinski definition) is 5. The summed E-state index contributed by atoms with van der Waals surface area (Å²) in [5.41, 5.74) is 4.64. The lowest BCUT2D eigenvalue weighted by Crippen LogP contribution is -2.15. The van der Waals surface area contributed by atoms with E-state index in [1.165, 1.54) is 0 Å². The van der Waals surface area contributed by atoms with Crippen LogP contribution < -0.4 is 9.47 Å². The molecule has 3 rings (SSSR count). The van der Waals surface area contributed by atoms with Gasteiger partial charge in [0.25, 0.3) is 0 Å². The van der Waals surface area contributed by atoms with Crippen molar-refractivity contribution in [2.45, 2.75) is 26.8 Å².